The molecule has 2 rings (SSSR count). The summed E-state index contributed by atoms with van der Waals surface area (Å²) in [5.41, 5.74) is 6.32. The first-order valence-corrected chi connectivity index (χ1v) is 8.20. The summed E-state index contributed by atoms with van der Waals surface area (Å²) in [5.74, 6) is 0. The second-order valence-corrected chi connectivity index (χ2v) is 7.23. The van der Waals surface area contributed by atoms with Crippen LogP contribution in [-0.4, -0.2) is 55.8 Å². The molecular weight excluding hydrogens is 276 g/mol. The number of pyridine rings is 1. The van der Waals surface area contributed by atoms with Crippen LogP contribution in [0.25, 0.3) is 0 Å². The van der Waals surface area contributed by atoms with Gasteiger partial charge in [0.15, 0.2) is 5.03 Å². The molecule has 0 aliphatic carbocycles. The predicted octanol–water partition coefficient (Wildman–Crippen LogP) is 0.255. The van der Waals surface area contributed by atoms with E-state index in [9.17, 15) is 8.42 Å². The summed E-state index contributed by atoms with van der Waals surface area (Å²) in [6.45, 7) is 2.14. The third-order valence-electron chi connectivity index (χ3n) is 3.79. The number of piperidine rings is 1. The average molecular weight is 298 g/mol. The van der Waals surface area contributed by atoms with Crippen LogP contribution in [0.5, 0.6) is 0 Å². The summed E-state index contributed by atoms with van der Waals surface area (Å²) in [5, 5.41) is 0.0884. The molecule has 1 atom stereocenters. The van der Waals surface area contributed by atoms with Gasteiger partial charge in [-0.05, 0) is 38.1 Å². The summed E-state index contributed by atoms with van der Waals surface area (Å²) in [6, 6.07) is 3.25. The molecule has 1 aliphatic rings. The molecule has 0 bridgehead atoms. The molecule has 0 aromatic carbocycles. The zero-order valence-electron chi connectivity index (χ0n) is 12.0. The first kappa shape index (κ1) is 15.4. The molecule has 1 fully saturated rings. The lowest BCUT2D eigenvalue weighted by atomic mass is 10.1. The minimum Gasteiger partial charge on any atom is -0.326 e. The van der Waals surface area contributed by atoms with E-state index in [1.807, 2.05) is 7.05 Å². The van der Waals surface area contributed by atoms with Gasteiger partial charge in [0.2, 0.25) is 0 Å². The first-order valence-electron chi connectivity index (χ1n) is 6.76. The lowest BCUT2D eigenvalue weighted by Crippen LogP contribution is -2.47. The van der Waals surface area contributed by atoms with E-state index in [4.69, 9.17) is 5.73 Å². The third-order valence-corrected chi connectivity index (χ3v) is 5.62. The number of hydrogen-bond donors (Lipinski definition) is 1. The Balaban J connectivity index is 2.19. The number of likely N-dealkylation sites (tertiary alicyclic amines) is 1. The lowest BCUT2D eigenvalue weighted by Gasteiger charge is -2.34. The molecule has 7 heteroatoms. The summed E-state index contributed by atoms with van der Waals surface area (Å²) >= 11 is 0. The highest BCUT2D eigenvalue weighted by molar-refractivity contribution is 7.89. The quantitative estimate of drug-likeness (QED) is 0.862. The third kappa shape index (κ3) is 3.17. The van der Waals surface area contributed by atoms with Crippen LogP contribution in [0.15, 0.2) is 23.4 Å². The number of rotatable bonds is 4. The van der Waals surface area contributed by atoms with E-state index in [2.05, 4.69) is 9.88 Å². The molecule has 6 nitrogen and oxygen atoms in total. The Morgan fingerprint density at radius 3 is 2.80 bits per heavy atom. The van der Waals surface area contributed by atoms with E-state index in [0.29, 0.717) is 6.54 Å². The molecule has 1 aromatic rings. The molecule has 0 amide bonds. The van der Waals surface area contributed by atoms with Gasteiger partial charge in [0.05, 0.1) is 0 Å². The Labute approximate surface area is 120 Å². The maximum atomic E-state index is 12.6. The van der Waals surface area contributed by atoms with Gasteiger partial charge in [-0.2, -0.15) is 4.31 Å². The summed E-state index contributed by atoms with van der Waals surface area (Å²) < 4.78 is 26.6. The highest BCUT2D eigenvalue weighted by Crippen LogP contribution is 2.20. The Morgan fingerprint density at radius 1 is 1.50 bits per heavy atom. The van der Waals surface area contributed by atoms with E-state index in [-0.39, 0.29) is 11.1 Å². The van der Waals surface area contributed by atoms with Crippen molar-refractivity contribution in [1.29, 1.82) is 0 Å². The summed E-state index contributed by atoms with van der Waals surface area (Å²) in [7, 11) is 0.119. The molecule has 0 spiro atoms. The van der Waals surface area contributed by atoms with E-state index in [1.165, 1.54) is 16.6 Å². The van der Waals surface area contributed by atoms with Crippen molar-refractivity contribution in [2.24, 2.45) is 5.73 Å². The van der Waals surface area contributed by atoms with E-state index >= 15 is 0 Å². The van der Waals surface area contributed by atoms with Crippen molar-refractivity contribution in [3.05, 3.63) is 23.9 Å². The zero-order chi connectivity index (χ0) is 14.8. The first-order chi connectivity index (χ1) is 9.45. The number of hydrogen-bond acceptors (Lipinski definition) is 5. The zero-order valence-corrected chi connectivity index (χ0v) is 12.8. The largest absolute Gasteiger partial charge is 0.326 e. The van der Waals surface area contributed by atoms with Crippen molar-refractivity contribution in [2.45, 2.75) is 30.5 Å². The number of sulfonamides is 1. The molecule has 1 unspecified atom stereocenters. The van der Waals surface area contributed by atoms with Gasteiger partial charge in [-0.1, -0.05) is 6.07 Å². The summed E-state index contributed by atoms with van der Waals surface area (Å²) in [4.78, 5) is 6.19. The van der Waals surface area contributed by atoms with Crippen molar-refractivity contribution in [3.8, 4) is 0 Å². The molecule has 0 saturated carbocycles. The highest BCUT2D eigenvalue weighted by atomic mass is 32.2. The fourth-order valence-corrected chi connectivity index (χ4v) is 3.75. The highest BCUT2D eigenvalue weighted by Gasteiger charge is 2.31. The van der Waals surface area contributed by atoms with Gasteiger partial charge in [-0.3, -0.25) is 0 Å². The van der Waals surface area contributed by atoms with Crippen molar-refractivity contribution >= 4 is 10.0 Å². The van der Waals surface area contributed by atoms with Crippen LogP contribution in [0.3, 0.4) is 0 Å². The average Bonchev–Trinajstić information content (AvgIpc) is 2.46. The van der Waals surface area contributed by atoms with Gasteiger partial charge < -0.3 is 10.6 Å². The van der Waals surface area contributed by atoms with Crippen LogP contribution in [-0.2, 0) is 16.6 Å². The predicted molar refractivity (Wildman–Crippen MR) is 77.6 cm³/mol. The lowest BCUT2D eigenvalue weighted by molar-refractivity contribution is 0.187. The number of likely N-dealkylation sites (N-methyl/N-ethyl adjacent to an activating group) is 2. The topological polar surface area (TPSA) is 79.5 Å². The van der Waals surface area contributed by atoms with E-state index in [0.717, 1.165) is 31.5 Å². The van der Waals surface area contributed by atoms with Crippen LogP contribution in [0.4, 0.5) is 0 Å². The van der Waals surface area contributed by atoms with Crippen molar-refractivity contribution in [2.75, 3.05) is 27.2 Å². The van der Waals surface area contributed by atoms with Crippen LogP contribution < -0.4 is 5.73 Å². The standard InChI is InChI=1S/C13H22N4O2S/c1-16-7-3-4-12(10-16)17(2)20(18,19)13-6-5-11(8-14)9-15-13/h5-6,9,12H,3-4,7-8,10,14H2,1-2H3. The Kier molecular flexibility index (Phi) is 4.74. The molecule has 20 heavy (non-hydrogen) atoms. The minimum atomic E-state index is -3.53. The van der Waals surface area contributed by atoms with Crippen LogP contribution in [0.1, 0.15) is 18.4 Å². The number of nitrogens with two attached hydrogens (primary N) is 1. The Hall–Kier alpha value is -1.02. The molecular formula is C13H22N4O2S. The van der Waals surface area contributed by atoms with Gasteiger partial charge in [0.1, 0.15) is 0 Å². The molecule has 1 saturated heterocycles. The van der Waals surface area contributed by atoms with Gasteiger partial charge in [0.25, 0.3) is 10.0 Å². The minimum absolute atomic E-state index is 0.00901. The van der Waals surface area contributed by atoms with Gasteiger partial charge in [0, 0.05) is 32.4 Å². The molecule has 1 aromatic heterocycles. The van der Waals surface area contributed by atoms with Gasteiger partial charge in [-0.25, -0.2) is 13.4 Å². The van der Waals surface area contributed by atoms with E-state index in [1.54, 1.807) is 13.1 Å². The van der Waals surface area contributed by atoms with Crippen molar-refractivity contribution < 1.29 is 8.42 Å². The van der Waals surface area contributed by atoms with Crippen LogP contribution in [0, 0.1) is 0 Å². The SMILES string of the molecule is CN1CCCC(N(C)S(=O)(=O)c2ccc(CN)cn2)C1. The second-order valence-electron chi connectivity index (χ2n) is 5.29. The van der Waals surface area contributed by atoms with Gasteiger partial charge >= 0.3 is 0 Å². The molecule has 2 heterocycles. The van der Waals surface area contributed by atoms with Crippen LogP contribution >= 0.6 is 0 Å². The Bertz CT molecular complexity index is 544. The second kappa shape index (κ2) is 6.17. The van der Waals surface area contributed by atoms with Crippen molar-refractivity contribution in [3.63, 3.8) is 0 Å². The normalized spacial score (nSPS) is 21.3. The maximum Gasteiger partial charge on any atom is 0.260 e. The van der Waals surface area contributed by atoms with Crippen molar-refractivity contribution in [1.82, 2.24) is 14.2 Å². The summed E-state index contributed by atoms with van der Waals surface area (Å²) in [6.07, 6.45) is 3.43. The fourth-order valence-electron chi connectivity index (χ4n) is 2.46. The molecule has 0 radical (unpaired) electrons. The monoisotopic (exact) mass is 298 g/mol. The molecule has 1 aliphatic heterocycles. The van der Waals surface area contributed by atoms with E-state index < -0.39 is 10.0 Å². The number of aromatic nitrogens is 1. The molecule has 112 valence electrons. The fraction of sp³-hybridized carbons (Fsp3) is 0.615. The van der Waals surface area contributed by atoms with Crippen LogP contribution in [0.2, 0.25) is 0 Å². The number of nitrogens with zero attached hydrogens (tertiary/aromatic N) is 3. The molecule has 2 N–H and O–H groups in total. The van der Waals surface area contributed by atoms with Gasteiger partial charge in [-0.15, -0.1) is 0 Å². The maximum absolute atomic E-state index is 12.6. The smallest absolute Gasteiger partial charge is 0.260 e. The Morgan fingerprint density at radius 2 is 2.25 bits per heavy atom.